The average molecular weight is 159 g/mol. The highest BCUT2D eigenvalue weighted by atomic mass is 16.5. The van der Waals surface area contributed by atoms with Crippen LogP contribution in [-0.4, -0.2) is 36.2 Å². The summed E-state index contributed by atoms with van der Waals surface area (Å²) in [6.07, 6.45) is -0.388. The molecule has 0 bridgehead atoms. The van der Waals surface area contributed by atoms with Crippen LogP contribution < -0.4 is 5.32 Å². The molecule has 5 heteroatoms. The van der Waals surface area contributed by atoms with Crippen LogP contribution in [0.3, 0.4) is 0 Å². The first-order valence-corrected chi connectivity index (χ1v) is 3.21. The van der Waals surface area contributed by atoms with E-state index < -0.39 is 18.1 Å². The van der Waals surface area contributed by atoms with Crippen LogP contribution in [0, 0.1) is 0 Å². The summed E-state index contributed by atoms with van der Waals surface area (Å²) in [6, 6.07) is -0.785. The summed E-state index contributed by atoms with van der Waals surface area (Å²) < 4.78 is 4.73. The van der Waals surface area contributed by atoms with Gasteiger partial charge in [-0.05, 0) is 0 Å². The van der Waals surface area contributed by atoms with Crippen molar-refractivity contribution >= 4 is 11.9 Å². The first-order chi connectivity index (χ1) is 5.15. The Morgan fingerprint density at radius 2 is 2.45 bits per heavy atom. The molecule has 1 amide bonds. The second-order valence-corrected chi connectivity index (χ2v) is 2.36. The highest BCUT2D eigenvalue weighted by Gasteiger charge is 2.35. The number of carboxylic acids is 1. The molecule has 0 radical (unpaired) electrons. The van der Waals surface area contributed by atoms with E-state index in [2.05, 4.69) is 5.32 Å². The van der Waals surface area contributed by atoms with Gasteiger partial charge >= 0.3 is 5.97 Å². The largest absolute Gasteiger partial charge is 0.480 e. The van der Waals surface area contributed by atoms with Gasteiger partial charge in [-0.15, -0.1) is 0 Å². The van der Waals surface area contributed by atoms with Crippen molar-refractivity contribution in [3.05, 3.63) is 0 Å². The molecule has 0 aromatic heterocycles. The van der Waals surface area contributed by atoms with Gasteiger partial charge in [0.25, 0.3) is 0 Å². The third-order valence-electron chi connectivity index (χ3n) is 1.64. The molecule has 5 nitrogen and oxygen atoms in total. The van der Waals surface area contributed by atoms with E-state index in [0.29, 0.717) is 0 Å². The summed E-state index contributed by atoms with van der Waals surface area (Å²) >= 11 is 0. The zero-order valence-electron chi connectivity index (χ0n) is 6.03. The molecule has 0 saturated carbocycles. The van der Waals surface area contributed by atoms with Gasteiger partial charge in [0.2, 0.25) is 5.91 Å². The molecular formula is C6H9NO4. The number of carbonyl (C=O) groups is 2. The Bertz CT molecular complexity index is 191. The van der Waals surface area contributed by atoms with Gasteiger partial charge < -0.3 is 15.2 Å². The number of methoxy groups -OCH3 is 1. The number of carboxylic acid groups (broad SMARTS) is 1. The number of amides is 1. The van der Waals surface area contributed by atoms with Crippen molar-refractivity contribution in [1.82, 2.24) is 5.32 Å². The molecule has 1 fully saturated rings. The third kappa shape index (κ3) is 1.48. The Morgan fingerprint density at radius 1 is 1.82 bits per heavy atom. The van der Waals surface area contributed by atoms with Crippen LogP contribution in [0.5, 0.6) is 0 Å². The minimum atomic E-state index is -1.02. The summed E-state index contributed by atoms with van der Waals surface area (Å²) in [5.41, 5.74) is 0. The molecule has 0 aliphatic carbocycles. The molecule has 0 aromatic rings. The number of aliphatic carboxylic acids is 1. The van der Waals surface area contributed by atoms with Crippen molar-refractivity contribution < 1.29 is 19.4 Å². The molecule has 62 valence electrons. The van der Waals surface area contributed by atoms with Crippen molar-refractivity contribution in [2.24, 2.45) is 0 Å². The van der Waals surface area contributed by atoms with Crippen molar-refractivity contribution in [1.29, 1.82) is 0 Å². The van der Waals surface area contributed by atoms with E-state index in [1.54, 1.807) is 0 Å². The number of ether oxygens (including phenoxy) is 1. The van der Waals surface area contributed by atoms with Gasteiger partial charge in [-0.2, -0.15) is 0 Å². The molecule has 1 rings (SSSR count). The van der Waals surface area contributed by atoms with Crippen LogP contribution in [0.15, 0.2) is 0 Å². The Balaban J connectivity index is 2.56. The SMILES string of the molecule is CO[C@@H]1C[C@@H](C(=O)O)NC1=O. The van der Waals surface area contributed by atoms with Gasteiger partial charge in [-0.3, -0.25) is 4.79 Å². The summed E-state index contributed by atoms with van der Waals surface area (Å²) in [5.74, 6) is -1.36. The van der Waals surface area contributed by atoms with E-state index >= 15 is 0 Å². The minimum Gasteiger partial charge on any atom is -0.480 e. The fourth-order valence-corrected chi connectivity index (χ4v) is 1.01. The van der Waals surface area contributed by atoms with Crippen molar-refractivity contribution in [3.63, 3.8) is 0 Å². The summed E-state index contributed by atoms with van der Waals surface area (Å²) in [7, 11) is 1.38. The fourth-order valence-electron chi connectivity index (χ4n) is 1.01. The summed E-state index contributed by atoms with van der Waals surface area (Å²) in [4.78, 5) is 21.2. The predicted octanol–water partition coefficient (Wildman–Crippen LogP) is -1.03. The lowest BCUT2D eigenvalue weighted by Crippen LogP contribution is -2.33. The van der Waals surface area contributed by atoms with Crippen LogP contribution in [0.1, 0.15) is 6.42 Å². The predicted molar refractivity (Wildman–Crippen MR) is 35.0 cm³/mol. The van der Waals surface area contributed by atoms with Crippen molar-refractivity contribution in [2.45, 2.75) is 18.6 Å². The first kappa shape index (κ1) is 8.00. The molecule has 1 heterocycles. The molecular weight excluding hydrogens is 150 g/mol. The average Bonchev–Trinajstić information content (AvgIpc) is 2.31. The van der Waals surface area contributed by atoms with E-state index in [1.807, 2.05) is 0 Å². The van der Waals surface area contributed by atoms with E-state index in [0.717, 1.165) is 0 Å². The van der Waals surface area contributed by atoms with Gasteiger partial charge in [0.05, 0.1) is 0 Å². The van der Waals surface area contributed by atoms with Crippen LogP contribution in [0.25, 0.3) is 0 Å². The van der Waals surface area contributed by atoms with Gasteiger partial charge in [0.15, 0.2) is 0 Å². The number of hydrogen-bond donors (Lipinski definition) is 2. The molecule has 0 aromatic carbocycles. The lowest BCUT2D eigenvalue weighted by atomic mass is 10.2. The maximum Gasteiger partial charge on any atom is 0.326 e. The Labute approximate surface area is 63.3 Å². The second-order valence-electron chi connectivity index (χ2n) is 2.36. The smallest absolute Gasteiger partial charge is 0.326 e. The quantitative estimate of drug-likeness (QED) is 0.540. The molecule has 2 atom stereocenters. The second kappa shape index (κ2) is 2.87. The number of rotatable bonds is 2. The topological polar surface area (TPSA) is 75.6 Å². The van der Waals surface area contributed by atoms with Gasteiger partial charge in [-0.25, -0.2) is 4.79 Å². The minimum absolute atomic E-state index is 0.213. The van der Waals surface area contributed by atoms with Crippen LogP contribution >= 0.6 is 0 Å². The number of carbonyl (C=O) groups excluding carboxylic acids is 1. The highest BCUT2D eigenvalue weighted by Crippen LogP contribution is 2.10. The lowest BCUT2D eigenvalue weighted by Gasteiger charge is -2.01. The lowest BCUT2D eigenvalue weighted by molar-refractivity contribution is -0.140. The zero-order valence-corrected chi connectivity index (χ0v) is 6.03. The molecule has 1 aliphatic heterocycles. The Hall–Kier alpha value is -1.10. The molecule has 1 saturated heterocycles. The maximum absolute atomic E-state index is 10.8. The molecule has 0 unspecified atom stereocenters. The van der Waals surface area contributed by atoms with E-state index in [-0.39, 0.29) is 12.3 Å². The molecule has 11 heavy (non-hydrogen) atoms. The fraction of sp³-hybridized carbons (Fsp3) is 0.667. The Kier molecular flexibility index (Phi) is 2.09. The van der Waals surface area contributed by atoms with Crippen LogP contribution in [0.2, 0.25) is 0 Å². The maximum atomic E-state index is 10.8. The Morgan fingerprint density at radius 3 is 2.73 bits per heavy atom. The molecule has 2 N–H and O–H groups in total. The van der Waals surface area contributed by atoms with Crippen LogP contribution in [-0.2, 0) is 14.3 Å². The zero-order chi connectivity index (χ0) is 8.43. The normalized spacial score (nSPS) is 30.1. The number of hydrogen-bond acceptors (Lipinski definition) is 3. The standard InChI is InChI=1S/C6H9NO4/c1-11-4-2-3(6(9)10)7-5(4)8/h3-4H,2H2,1H3,(H,7,8)(H,9,10)/t3-,4+/m0/s1. The molecule has 0 spiro atoms. The monoisotopic (exact) mass is 159 g/mol. The van der Waals surface area contributed by atoms with Gasteiger partial charge in [0, 0.05) is 13.5 Å². The molecule has 1 aliphatic rings. The first-order valence-electron chi connectivity index (χ1n) is 3.21. The van der Waals surface area contributed by atoms with Gasteiger partial charge in [-0.1, -0.05) is 0 Å². The van der Waals surface area contributed by atoms with Crippen molar-refractivity contribution in [3.8, 4) is 0 Å². The highest BCUT2D eigenvalue weighted by molar-refractivity contribution is 5.90. The van der Waals surface area contributed by atoms with E-state index in [9.17, 15) is 9.59 Å². The van der Waals surface area contributed by atoms with Crippen LogP contribution in [0.4, 0.5) is 0 Å². The van der Waals surface area contributed by atoms with E-state index in [1.165, 1.54) is 7.11 Å². The number of nitrogens with one attached hydrogen (secondary N) is 1. The summed E-state index contributed by atoms with van der Waals surface area (Å²) in [5, 5.41) is 10.8. The van der Waals surface area contributed by atoms with Crippen molar-refractivity contribution in [2.75, 3.05) is 7.11 Å². The van der Waals surface area contributed by atoms with Gasteiger partial charge in [0.1, 0.15) is 12.1 Å². The summed E-state index contributed by atoms with van der Waals surface area (Å²) in [6.45, 7) is 0. The third-order valence-corrected chi connectivity index (χ3v) is 1.64. The van der Waals surface area contributed by atoms with E-state index in [4.69, 9.17) is 9.84 Å².